The van der Waals surface area contributed by atoms with E-state index in [4.69, 9.17) is 5.11 Å². The van der Waals surface area contributed by atoms with Crippen LogP contribution < -0.4 is 5.69 Å². The van der Waals surface area contributed by atoms with Crippen molar-refractivity contribution in [2.45, 2.75) is 43.6 Å². The van der Waals surface area contributed by atoms with Crippen molar-refractivity contribution in [2.75, 3.05) is 0 Å². The summed E-state index contributed by atoms with van der Waals surface area (Å²) >= 11 is 1.11. The Kier molecular flexibility index (Phi) is 4.60. The summed E-state index contributed by atoms with van der Waals surface area (Å²) in [7, 11) is 0. The van der Waals surface area contributed by atoms with Crippen LogP contribution in [0, 0.1) is 0 Å². The van der Waals surface area contributed by atoms with E-state index in [2.05, 4.69) is 10.2 Å². The lowest BCUT2D eigenvalue weighted by Crippen LogP contribution is -2.20. The van der Waals surface area contributed by atoms with Gasteiger partial charge in [-0.3, -0.25) is 9.36 Å². The zero-order valence-corrected chi connectivity index (χ0v) is 10.1. The van der Waals surface area contributed by atoms with Gasteiger partial charge in [-0.2, -0.15) is 0 Å². The Hall–Kier alpha value is -1.24. The predicted molar refractivity (Wildman–Crippen MR) is 60.7 cm³/mol. The van der Waals surface area contributed by atoms with E-state index in [9.17, 15) is 9.59 Å². The van der Waals surface area contributed by atoms with Gasteiger partial charge in [-0.15, -0.1) is 5.10 Å². The van der Waals surface area contributed by atoms with Crippen LogP contribution in [0.2, 0.25) is 0 Å². The lowest BCUT2D eigenvalue weighted by Gasteiger charge is -2.08. The average Bonchev–Trinajstić information content (AvgIpc) is 2.57. The fraction of sp³-hybridized carbons (Fsp3) is 0.667. The Bertz CT molecular complexity index is 412. The molecule has 7 heteroatoms. The molecule has 0 aliphatic rings. The maximum atomic E-state index is 11.4. The molecule has 1 rings (SSSR count). The van der Waals surface area contributed by atoms with Crippen LogP contribution in [0.3, 0.4) is 0 Å². The Morgan fingerprint density at radius 3 is 2.81 bits per heavy atom. The number of H-pyrrole nitrogens is 1. The van der Waals surface area contributed by atoms with Crippen LogP contribution >= 0.6 is 11.8 Å². The van der Waals surface area contributed by atoms with Crippen molar-refractivity contribution in [1.82, 2.24) is 14.8 Å². The van der Waals surface area contributed by atoms with Crippen molar-refractivity contribution in [1.29, 1.82) is 0 Å². The highest BCUT2D eigenvalue weighted by Gasteiger charge is 2.20. The Morgan fingerprint density at radius 1 is 1.62 bits per heavy atom. The Morgan fingerprint density at radius 2 is 2.31 bits per heavy atom. The number of carboxylic acids is 1. The molecule has 0 aromatic carbocycles. The van der Waals surface area contributed by atoms with Gasteiger partial charge in [-0.25, -0.2) is 9.89 Å². The number of rotatable bonds is 6. The van der Waals surface area contributed by atoms with E-state index in [1.165, 1.54) is 4.57 Å². The summed E-state index contributed by atoms with van der Waals surface area (Å²) in [6.45, 7) is 4.29. The first-order valence-corrected chi connectivity index (χ1v) is 6.02. The number of aliphatic carboxylic acids is 1. The third kappa shape index (κ3) is 2.88. The molecule has 0 saturated carbocycles. The van der Waals surface area contributed by atoms with Crippen molar-refractivity contribution in [3.63, 3.8) is 0 Å². The largest absolute Gasteiger partial charge is 0.480 e. The van der Waals surface area contributed by atoms with Crippen LogP contribution in [0.4, 0.5) is 0 Å². The molecule has 6 nitrogen and oxygen atoms in total. The minimum Gasteiger partial charge on any atom is -0.480 e. The highest BCUT2D eigenvalue weighted by molar-refractivity contribution is 8.00. The van der Waals surface area contributed by atoms with Crippen LogP contribution in [0.15, 0.2) is 9.95 Å². The summed E-state index contributed by atoms with van der Waals surface area (Å²) in [6, 6.07) is 0. The molecule has 0 spiro atoms. The second kappa shape index (κ2) is 5.74. The molecular formula is C9H15N3O3S. The van der Waals surface area contributed by atoms with E-state index in [1.54, 1.807) is 6.92 Å². The molecule has 2 N–H and O–H groups in total. The van der Waals surface area contributed by atoms with E-state index in [-0.39, 0.29) is 5.69 Å². The molecule has 0 aliphatic carbocycles. The summed E-state index contributed by atoms with van der Waals surface area (Å²) in [4.78, 5) is 22.2. The molecule has 16 heavy (non-hydrogen) atoms. The lowest BCUT2D eigenvalue weighted by atomic mass is 10.3. The zero-order chi connectivity index (χ0) is 12.1. The van der Waals surface area contributed by atoms with Gasteiger partial charge in [-0.05, 0) is 12.8 Å². The van der Waals surface area contributed by atoms with Gasteiger partial charge in [0.1, 0.15) is 5.25 Å². The van der Waals surface area contributed by atoms with Crippen LogP contribution in [-0.2, 0) is 11.3 Å². The highest BCUT2D eigenvalue weighted by Crippen LogP contribution is 2.22. The van der Waals surface area contributed by atoms with E-state index in [1.807, 2.05) is 6.92 Å². The minimum absolute atomic E-state index is 0.287. The fourth-order valence-electron chi connectivity index (χ4n) is 1.25. The van der Waals surface area contributed by atoms with Crippen LogP contribution in [0.1, 0.15) is 26.7 Å². The predicted octanol–water partition coefficient (Wildman–Crippen LogP) is 0.937. The number of nitrogens with one attached hydrogen (secondary N) is 1. The second-order valence-electron chi connectivity index (χ2n) is 3.32. The van der Waals surface area contributed by atoms with Gasteiger partial charge in [-0.1, -0.05) is 25.6 Å². The van der Waals surface area contributed by atoms with Gasteiger partial charge in [0.15, 0.2) is 5.16 Å². The van der Waals surface area contributed by atoms with Crippen LogP contribution in [0.25, 0.3) is 0 Å². The molecule has 1 aromatic heterocycles. The van der Waals surface area contributed by atoms with Crippen molar-refractivity contribution >= 4 is 17.7 Å². The molecule has 0 saturated heterocycles. The van der Waals surface area contributed by atoms with E-state index < -0.39 is 11.2 Å². The topological polar surface area (TPSA) is 88.0 Å². The van der Waals surface area contributed by atoms with Gasteiger partial charge in [0.2, 0.25) is 0 Å². The number of thioether (sulfide) groups is 1. The van der Waals surface area contributed by atoms with E-state index in [0.717, 1.165) is 18.2 Å². The van der Waals surface area contributed by atoms with Crippen molar-refractivity contribution in [2.24, 2.45) is 0 Å². The molecular weight excluding hydrogens is 230 g/mol. The summed E-state index contributed by atoms with van der Waals surface area (Å²) in [5.41, 5.74) is -0.287. The SMILES string of the molecule is CCCn1c(SC(CC)C(=O)O)n[nH]c1=O. The van der Waals surface area contributed by atoms with Crippen LogP contribution in [-0.4, -0.2) is 31.1 Å². The second-order valence-corrected chi connectivity index (χ2v) is 4.49. The first-order chi connectivity index (χ1) is 7.60. The van der Waals surface area contributed by atoms with Gasteiger partial charge >= 0.3 is 11.7 Å². The number of carboxylic acid groups (broad SMARTS) is 1. The van der Waals surface area contributed by atoms with Crippen molar-refractivity contribution in [3.05, 3.63) is 10.5 Å². The number of hydrogen-bond donors (Lipinski definition) is 2. The Labute approximate surface area is 97.1 Å². The number of nitrogens with zero attached hydrogens (tertiary/aromatic N) is 2. The fourth-order valence-corrected chi connectivity index (χ4v) is 2.17. The molecule has 0 radical (unpaired) electrons. The molecule has 0 bridgehead atoms. The maximum Gasteiger partial charge on any atom is 0.343 e. The maximum absolute atomic E-state index is 11.4. The third-order valence-electron chi connectivity index (χ3n) is 2.06. The average molecular weight is 245 g/mol. The summed E-state index contributed by atoms with van der Waals surface area (Å²) in [5.74, 6) is -0.883. The van der Waals surface area contributed by atoms with Crippen molar-refractivity contribution in [3.8, 4) is 0 Å². The highest BCUT2D eigenvalue weighted by atomic mass is 32.2. The van der Waals surface area contributed by atoms with Crippen molar-refractivity contribution < 1.29 is 9.90 Å². The lowest BCUT2D eigenvalue weighted by molar-refractivity contribution is -0.136. The molecule has 0 fully saturated rings. The zero-order valence-electron chi connectivity index (χ0n) is 9.27. The first-order valence-electron chi connectivity index (χ1n) is 5.14. The Balaban J connectivity index is 2.87. The minimum atomic E-state index is -0.883. The van der Waals surface area contributed by atoms with Crippen LogP contribution in [0.5, 0.6) is 0 Å². The quantitative estimate of drug-likeness (QED) is 0.728. The van der Waals surface area contributed by atoms with Gasteiger partial charge < -0.3 is 5.11 Å². The normalized spacial score (nSPS) is 12.6. The third-order valence-corrected chi connectivity index (χ3v) is 3.41. The monoisotopic (exact) mass is 245 g/mol. The van der Waals surface area contributed by atoms with Gasteiger partial charge in [0.05, 0.1) is 0 Å². The molecule has 1 unspecified atom stereocenters. The number of aromatic nitrogens is 3. The number of carbonyl (C=O) groups is 1. The van der Waals surface area contributed by atoms with Gasteiger partial charge in [0, 0.05) is 6.54 Å². The standard InChI is InChI=1S/C9H15N3O3S/c1-3-5-12-8(15)10-11-9(12)16-6(4-2)7(13)14/h6H,3-5H2,1-2H3,(H,10,15)(H,13,14). The van der Waals surface area contributed by atoms with E-state index >= 15 is 0 Å². The molecule has 0 aliphatic heterocycles. The number of aromatic amines is 1. The number of hydrogen-bond acceptors (Lipinski definition) is 4. The summed E-state index contributed by atoms with van der Waals surface area (Å²) < 4.78 is 1.47. The molecule has 90 valence electrons. The van der Waals surface area contributed by atoms with E-state index in [0.29, 0.717) is 18.1 Å². The van der Waals surface area contributed by atoms with Gasteiger partial charge in [0.25, 0.3) is 0 Å². The summed E-state index contributed by atoms with van der Waals surface area (Å²) in [5, 5.41) is 15.0. The first kappa shape index (κ1) is 12.8. The molecule has 1 aromatic rings. The molecule has 0 amide bonds. The molecule has 1 atom stereocenters. The summed E-state index contributed by atoms with van der Waals surface area (Å²) in [6.07, 6.45) is 1.30. The smallest absolute Gasteiger partial charge is 0.343 e. The molecule has 1 heterocycles.